The molecule has 3 aromatic heterocycles. The van der Waals surface area contributed by atoms with Gasteiger partial charge in [0, 0.05) is 17.8 Å². The third kappa shape index (κ3) is 3.89. The van der Waals surface area contributed by atoms with E-state index in [-0.39, 0.29) is 22.5 Å². The van der Waals surface area contributed by atoms with Gasteiger partial charge in [0.1, 0.15) is 5.01 Å². The Kier molecular flexibility index (Phi) is 5.47. The molecule has 10 heteroatoms. The van der Waals surface area contributed by atoms with Gasteiger partial charge in [-0.3, -0.25) is 24.5 Å². The fourth-order valence-electron chi connectivity index (χ4n) is 3.20. The van der Waals surface area contributed by atoms with E-state index in [1.807, 2.05) is 44.2 Å². The highest BCUT2D eigenvalue weighted by Gasteiger charge is 2.21. The number of hydrogen-bond acceptors (Lipinski definition) is 7. The van der Waals surface area contributed by atoms with Crippen molar-refractivity contribution in [3.63, 3.8) is 0 Å². The number of carbonyl (C=O) groups excluding carboxylic acids is 1. The summed E-state index contributed by atoms with van der Waals surface area (Å²) in [6.45, 7) is 5.93. The summed E-state index contributed by atoms with van der Waals surface area (Å²) < 4.78 is 1.35. The first-order valence-corrected chi connectivity index (χ1v) is 10.6. The van der Waals surface area contributed by atoms with Crippen molar-refractivity contribution in [1.29, 1.82) is 0 Å². The van der Waals surface area contributed by atoms with E-state index >= 15 is 0 Å². The predicted molar refractivity (Wildman–Crippen MR) is 120 cm³/mol. The van der Waals surface area contributed by atoms with Crippen molar-refractivity contribution < 1.29 is 4.79 Å². The van der Waals surface area contributed by atoms with Gasteiger partial charge >= 0.3 is 5.69 Å². The first-order chi connectivity index (χ1) is 14.9. The number of aryl methyl sites for hydroxylation is 1. The fourth-order valence-corrected chi connectivity index (χ4v) is 3.94. The van der Waals surface area contributed by atoms with E-state index in [1.165, 1.54) is 15.9 Å². The van der Waals surface area contributed by atoms with Crippen molar-refractivity contribution in [2.24, 2.45) is 0 Å². The van der Waals surface area contributed by atoms with Gasteiger partial charge in [-0.2, -0.15) is 0 Å². The molecule has 0 spiro atoms. The maximum absolute atomic E-state index is 13.1. The van der Waals surface area contributed by atoms with Gasteiger partial charge in [-0.1, -0.05) is 55.5 Å². The van der Waals surface area contributed by atoms with Gasteiger partial charge < -0.3 is 0 Å². The number of anilines is 1. The van der Waals surface area contributed by atoms with Crippen molar-refractivity contribution in [1.82, 2.24) is 24.7 Å². The van der Waals surface area contributed by atoms with Crippen molar-refractivity contribution in [3.8, 4) is 10.6 Å². The number of hydrogen-bond donors (Lipinski definition) is 2. The molecular formula is C21H20N6O3S. The van der Waals surface area contributed by atoms with Crippen molar-refractivity contribution >= 4 is 33.4 Å². The van der Waals surface area contributed by atoms with E-state index in [1.54, 1.807) is 13.0 Å². The summed E-state index contributed by atoms with van der Waals surface area (Å²) in [7, 11) is 0. The van der Waals surface area contributed by atoms with Crippen LogP contribution in [0.5, 0.6) is 0 Å². The van der Waals surface area contributed by atoms with Crippen LogP contribution in [0.3, 0.4) is 0 Å². The number of H-pyrrole nitrogens is 1. The monoisotopic (exact) mass is 436 g/mol. The highest BCUT2D eigenvalue weighted by molar-refractivity contribution is 7.18. The number of pyridine rings is 1. The van der Waals surface area contributed by atoms with Crippen LogP contribution in [-0.4, -0.2) is 30.6 Å². The first kappa shape index (κ1) is 20.6. The van der Waals surface area contributed by atoms with Crippen LogP contribution in [0.4, 0.5) is 5.13 Å². The zero-order valence-corrected chi connectivity index (χ0v) is 18.0. The Morgan fingerprint density at radius 2 is 1.94 bits per heavy atom. The molecule has 4 rings (SSSR count). The molecule has 0 atom stereocenters. The first-order valence-electron chi connectivity index (χ1n) is 9.77. The van der Waals surface area contributed by atoms with Crippen molar-refractivity contribution in [2.45, 2.75) is 33.2 Å². The fraction of sp³-hybridized carbons (Fsp3) is 0.238. The van der Waals surface area contributed by atoms with Crippen LogP contribution >= 0.6 is 11.3 Å². The molecule has 0 aliphatic carbocycles. The number of rotatable bonds is 5. The summed E-state index contributed by atoms with van der Waals surface area (Å²) in [6, 6.07) is 11.1. The Hall–Kier alpha value is -3.66. The molecule has 0 radical (unpaired) electrons. The largest absolute Gasteiger partial charge is 0.329 e. The molecule has 0 aliphatic heterocycles. The lowest BCUT2D eigenvalue weighted by atomic mass is 10.0. The highest BCUT2D eigenvalue weighted by Crippen LogP contribution is 2.27. The SMILES string of the molecule is CCn1c(=O)[nH]c(=O)c2c(C(=O)Nc3nnc(-c4ccccc4)s3)cc(C(C)C)nc21. The molecule has 1 amide bonds. The van der Waals surface area contributed by atoms with Crippen LogP contribution in [0.25, 0.3) is 21.6 Å². The normalized spacial score (nSPS) is 11.2. The molecule has 0 saturated heterocycles. The maximum atomic E-state index is 13.1. The summed E-state index contributed by atoms with van der Waals surface area (Å²) in [5.41, 5.74) is 0.604. The Morgan fingerprint density at radius 1 is 1.19 bits per heavy atom. The van der Waals surface area contributed by atoms with E-state index < -0.39 is 17.2 Å². The van der Waals surface area contributed by atoms with E-state index in [9.17, 15) is 14.4 Å². The van der Waals surface area contributed by atoms with Gasteiger partial charge in [0.15, 0.2) is 5.65 Å². The smallest absolute Gasteiger partial charge is 0.296 e. The molecule has 0 fully saturated rings. The average molecular weight is 436 g/mol. The summed E-state index contributed by atoms with van der Waals surface area (Å²) in [4.78, 5) is 44.7. The minimum atomic E-state index is -0.653. The summed E-state index contributed by atoms with van der Waals surface area (Å²) in [6.07, 6.45) is 0. The van der Waals surface area contributed by atoms with Gasteiger partial charge in [0.05, 0.1) is 10.9 Å². The van der Waals surface area contributed by atoms with Crippen LogP contribution in [0.1, 0.15) is 42.7 Å². The van der Waals surface area contributed by atoms with E-state index in [2.05, 4.69) is 25.5 Å². The standard InChI is InChI=1S/C21H20N6O3S/c1-4-27-16-15(18(29)24-21(27)30)13(10-14(22-16)11(2)3)17(28)23-20-26-25-19(31-20)12-8-6-5-7-9-12/h5-11H,4H2,1-3H3,(H,23,26,28)(H,24,29,30). The van der Waals surface area contributed by atoms with Crippen molar-refractivity contribution in [2.75, 3.05) is 5.32 Å². The van der Waals surface area contributed by atoms with Crippen LogP contribution in [0, 0.1) is 0 Å². The molecule has 31 heavy (non-hydrogen) atoms. The molecule has 9 nitrogen and oxygen atoms in total. The molecule has 0 bridgehead atoms. The molecule has 2 N–H and O–H groups in total. The summed E-state index contributed by atoms with van der Waals surface area (Å²) in [5, 5.41) is 11.9. The van der Waals surface area contributed by atoms with E-state index in [0.29, 0.717) is 22.4 Å². The molecule has 0 unspecified atom stereocenters. The number of fused-ring (bicyclic) bond motifs is 1. The lowest BCUT2D eigenvalue weighted by molar-refractivity contribution is 0.102. The van der Waals surface area contributed by atoms with Crippen LogP contribution in [-0.2, 0) is 6.54 Å². The molecule has 0 saturated carbocycles. The van der Waals surface area contributed by atoms with Crippen LogP contribution in [0.15, 0.2) is 46.0 Å². The molecular weight excluding hydrogens is 416 g/mol. The number of nitrogens with zero attached hydrogens (tertiary/aromatic N) is 4. The Bertz CT molecular complexity index is 1390. The lowest BCUT2D eigenvalue weighted by Gasteiger charge is -2.13. The van der Waals surface area contributed by atoms with E-state index in [4.69, 9.17) is 0 Å². The quantitative estimate of drug-likeness (QED) is 0.496. The minimum absolute atomic E-state index is 0.0122. The number of amides is 1. The van der Waals surface area contributed by atoms with Gasteiger partial charge in [-0.15, -0.1) is 10.2 Å². The second kappa shape index (κ2) is 8.23. The van der Waals surface area contributed by atoms with Crippen LogP contribution < -0.4 is 16.6 Å². The lowest BCUT2D eigenvalue weighted by Crippen LogP contribution is -2.32. The third-order valence-corrected chi connectivity index (χ3v) is 5.67. The van der Waals surface area contributed by atoms with Gasteiger partial charge in [0.2, 0.25) is 5.13 Å². The van der Waals surface area contributed by atoms with Crippen molar-refractivity contribution in [3.05, 3.63) is 68.5 Å². The number of benzene rings is 1. The molecule has 3 heterocycles. The zero-order valence-electron chi connectivity index (χ0n) is 17.2. The molecule has 1 aromatic carbocycles. The van der Waals surface area contributed by atoms with Gasteiger partial charge in [0.25, 0.3) is 11.5 Å². The molecule has 4 aromatic rings. The highest BCUT2D eigenvalue weighted by atomic mass is 32.1. The molecule has 158 valence electrons. The number of aromatic nitrogens is 5. The summed E-state index contributed by atoms with van der Waals surface area (Å²) >= 11 is 1.23. The van der Waals surface area contributed by atoms with Crippen LogP contribution in [0.2, 0.25) is 0 Å². The zero-order chi connectivity index (χ0) is 22.1. The van der Waals surface area contributed by atoms with E-state index in [0.717, 1.165) is 5.56 Å². The van der Waals surface area contributed by atoms with Gasteiger partial charge in [-0.25, -0.2) is 9.78 Å². The predicted octanol–water partition coefficient (Wildman–Crippen LogP) is 3.00. The minimum Gasteiger partial charge on any atom is -0.296 e. The number of carbonyl (C=O) groups is 1. The summed E-state index contributed by atoms with van der Waals surface area (Å²) in [5.74, 6) is -0.529. The number of aromatic amines is 1. The third-order valence-electron chi connectivity index (χ3n) is 4.79. The average Bonchev–Trinajstić information content (AvgIpc) is 3.22. The second-order valence-corrected chi connectivity index (χ2v) is 8.16. The maximum Gasteiger partial charge on any atom is 0.329 e. The molecule has 0 aliphatic rings. The Morgan fingerprint density at radius 3 is 2.61 bits per heavy atom. The Labute approximate surface area is 180 Å². The topological polar surface area (TPSA) is 123 Å². The Balaban J connectivity index is 1.80. The number of nitrogens with one attached hydrogen (secondary N) is 2. The van der Waals surface area contributed by atoms with Gasteiger partial charge in [-0.05, 0) is 18.9 Å². The second-order valence-electron chi connectivity index (χ2n) is 7.18.